The topological polar surface area (TPSA) is 82.1 Å². The second kappa shape index (κ2) is 7.96. The van der Waals surface area contributed by atoms with Gasteiger partial charge in [-0.3, -0.25) is 14.6 Å². The molecular formula is C20H29N3O4. The number of carbonyl (C=O) groups is 2. The van der Waals surface area contributed by atoms with Gasteiger partial charge in [0.15, 0.2) is 0 Å². The molecular weight excluding hydrogens is 346 g/mol. The van der Waals surface area contributed by atoms with Crippen LogP contribution in [-0.2, 0) is 15.1 Å². The Labute approximate surface area is 160 Å². The maximum Gasteiger partial charge on any atom is 0.325 e. The molecule has 0 spiro atoms. The van der Waals surface area contributed by atoms with Gasteiger partial charge >= 0.3 is 6.03 Å². The average Bonchev–Trinajstić information content (AvgIpc) is 2.86. The number of aliphatic hydroxyl groups is 1. The Hall–Kier alpha value is -1.96. The normalized spacial score (nSPS) is 25.1. The zero-order chi connectivity index (χ0) is 19.6. The number of urea groups is 1. The van der Waals surface area contributed by atoms with Crippen LogP contribution in [0.25, 0.3) is 0 Å². The number of rotatable bonds is 6. The summed E-state index contributed by atoms with van der Waals surface area (Å²) in [6.45, 7) is 9.11. The molecule has 2 atom stereocenters. The van der Waals surface area contributed by atoms with Gasteiger partial charge in [-0.15, -0.1) is 0 Å². The van der Waals surface area contributed by atoms with Crippen molar-refractivity contribution >= 4 is 11.9 Å². The second-order valence-corrected chi connectivity index (χ2v) is 7.81. The highest BCUT2D eigenvalue weighted by Crippen LogP contribution is 2.30. The molecule has 2 aliphatic heterocycles. The van der Waals surface area contributed by atoms with E-state index in [0.717, 1.165) is 23.6 Å². The minimum absolute atomic E-state index is 0.0122. The van der Waals surface area contributed by atoms with Gasteiger partial charge in [-0.1, -0.05) is 38.1 Å². The van der Waals surface area contributed by atoms with Crippen molar-refractivity contribution in [2.45, 2.75) is 38.3 Å². The molecule has 0 radical (unpaired) electrons. The van der Waals surface area contributed by atoms with Crippen LogP contribution >= 0.6 is 0 Å². The molecule has 7 nitrogen and oxygen atoms in total. The van der Waals surface area contributed by atoms with Crippen molar-refractivity contribution in [3.05, 3.63) is 35.4 Å². The number of carbonyl (C=O) groups excluding carboxylic acids is 2. The fourth-order valence-corrected chi connectivity index (χ4v) is 3.61. The van der Waals surface area contributed by atoms with Crippen LogP contribution in [0.4, 0.5) is 4.79 Å². The van der Waals surface area contributed by atoms with E-state index >= 15 is 0 Å². The first-order chi connectivity index (χ1) is 12.8. The van der Waals surface area contributed by atoms with Crippen LogP contribution in [0.3, 0.4) is 0 Å². The van der Waals surface area contributed by atoms with Gasteiger partial charge in [0.1, 0.15) is 5.54 Å². The number of aliphatic hydroxyl groups excluding tert-OH is 1. The van der Waals surface area contributed by atoms with Crippen LogP contribution in [0.5, 0.6) is 0 Å². The summed E-state index contributed by atoms with van der Waals surface area (Å²) < 4.78 is 5.30. The van der Waals surface area contributed by atoms with Gasteiger partial charge in [-0.2, -0.15) is 0 Å². The lowest BCUT2D eigenvalue weighted by atomic mass is 9.90. The molecule has 2 aliphatic rings. The molecule has 3 amide bonds. The minimum atomic E-state index is -1.11. The predicted octanol–water partition coefficient (Wildman–Crippen LogP) is 1.27. The monoisotopic (exact) mass is 375 g/mol. The SMILES string of the molecule is CC(C)c1ccc([C@]2(C)NC(=O)N(C[C@H](O)CN3CCOCC3)C2=O)cc1. The summed E-state index contributed by atoms with van der Waals surface area (Å²) in [5.74, 6) is 0.0679. The summed E-state index contributed by atoms with van der Waals surface area (Å²) in [4.78, 5) is 28.6. The Bertz CT molecular complexity index is 685. The number of β-amino-alcohol motifs (C(OH)–C–C–N with tert-alkyl or cyclic N) is 1. The number of amides is 3. The number of morpholine rings is 1. The number of nitrogens with one attached hydrogen (secondary N) is 1. The van der Waals surface area contributed by atoms with Crippen LogP contribution in [0.15, 0.2) is 24.3 Å². The number of imide groups is 1. The standard InChI is InChI=1S/C20H29N3O4/c1-14(2)15-4-6-16(7-5-15)20(3)18(25)23(19(26)21-20)13-17(24)12-22-8-10-27-11-9-22/h4-7,14,17,24H,8-13H2,1-3H3,(H,21,26)/t17-,20+/m1/s1. The Morgan fingerprint density at radius 3 is 2.37 bits per heavy atom. The highest BCUT2D eigenvalue weighted by atomic mass is 16.5. The fourth-order valence-electron chi connectivity index (χ4n) is 3.61. The van der Waals surface area contributed by atoms with Gasteiger partial charge in [0.25, 0.3) is 5.91 Å². The Balaban J connectivity index is 1.68. The van der Waals surface area contributed by atoms with E-state index in [2.05, 4.69) is 24.1 Å². The molecule has 2 saturated heterocycles. The molecule has 7 heteroatoms. The third-order valence-electron chi connectivity index (χ3n) is 5.40. The highest BCUT2D eigenvalue weighted by molar-refractivity contribution is 6.07. The van der Waals surface area contributed by atoms with E-state index in [1.54, 1.807) is 6.92 Å². The third kappa shape index (κ3) is 4.15. The molecule has 3 rings (SSSR count). The zero-order valence-corrected chi connectivity index (χ0v) is 16.3. The smallest absolute Gasteiger partial charge is 0.325 e. The molecule has 0 aliphatic carbocycles. The van der Waals surface area contributed by atoms with Crippen molar-refractivity contribution < 1.29 is 19.4 Å². The predicted molar refractivity (Wildman–Crippen MR) is 101 cm³/mol. The van der Waals surface area contributed by atoms with Crippen molar-refractivity contribution in [1.82, 2.24) is 15.1 Å². The molecule has 1 aromatic rings. The Morgan fingerprint density at radius 2 is 1.78 bits per heavy atom. The van der Waals surface area contributed by atoms with E-state index in [1.165, 1.54) is 5.56 Å². The van der Waals surface area contributed by atoms with Gasteiger partial charge in [-0.05, 0) is 24.0 Å². The molecule has 0 saturated carbocycles. The summed E-state index contributed by atoms with van der Waals surface area (Å²) in [6, 6.07) is 7.29. The highest BCUT2D eigenvalue weighted by Gasteiger charge is 2.49. The summed E-state index contributed by atoms with van der Waals surface area (Å²) in [7, 11) is 0. The Kier molecular flexibility index (Phi) is 5.83. The molecule has 27 heavy (non-hydrogen) atoms. The summed E-state index contributed by atoms with van der Waals surface area (Å²) >= 11 is 0. The van der Waals surface area contributed by atoms with Crippen molar-refractivity contribution in [2.24, 2.45) is 0 Å². The first-order valence-corrected chi connectivity index (χ1v) is 9.54. The lowest BCUT2D eigenvalue weighted by molar-refractivity contribution is -0.132. The maximum atomic E-state index is 13.0. The molecule has 1 aromatic carbocycles. The number of ether oxygens (including phenoxy) is 1. The van der Waals surface area contributed by atoms with Gasteiger partial charge in [0.05, 0.1) is 25.9 Å². The van der Waals surface area contributed by atoms with Crippen molar-refractivity contribution in [1.29, 1.82) is 0 Å². The summed E-state index contributed by atoms with van der Waals surface area (Å²) in [5.41, 5.74) is 0.818. The molecule has 2 N–H and O–H groups in total. The quantitative estimate of drug-likeness (QED) is 0.732. The molecule has 2 heterocycles. The van der Waals surface area contributed by atoms with E-state index in [1.807, 2.05) is 24.3 Å². The lowest BCUT2D eigenvalue weighted by Gasteiger charge is -2.29. The average molecular weight is 375 g/mol. The minimum Gasteiger partial charge on any atom is -0.390 e. The summed E-state index contributed by atoms with van der Waals surface area (Å²) in [6.07, 6.45) is -0.788. The van der Waals surface area contributed by atoms with Gasteiger partial charge in [0, 0.05) is 19.6 Å². The summed E-state index contributed by atoms with van der Waals surface area (Å²) in [5, 5.41) is 13.2. The van der Waals surface area contributed by atoms with E-state index < -0.39 is 17.7 Å². The molecule has 0 bridgehead atoms. The van der Waals surface area contributed by atoms with Crippen molar-refractivity contribution in [3.63, 3.8) is 0 Å². The van der Waals surface area contributed by atoms with Crippen LogP contribution in [0.1, 0.15) is 37.8 Å². The maximum absolute atomic E-state index is 13.0. The molecule has 148 valence electrons. The fraction of sp³-hybridized carbons (Fsp3) is 0.600. The number of benzene rings is 1. The van der Waals surface area contributed by atoms with Crippen molar-refractivity contribution in [3.8, 4) is 0 Å². The van der Waals surface area contributed by atoms with Crippen LogP contribution in [0, 0.1) is 0 Å². The molecule has 2 fully saturated rings. The lowest BCUT2D eigenvalue weighted by Crippen LogP contribution is -2.46. The first-order valence-electron chi connectivity index (χ1n) is 9.54. The second-order valence-electron chi connectivity index (χ2n) is 7.81. The van der Waals surface area contributed by atoms with E-state index in [-0.39, 0.29) is 12.5 Å². The molecule has 0 aromatic heterocycles. The van der Waals surface area contributed by atoms with E-state index in [4.69, 9.17) is 4.74 Å². The molecule has 0 unspecified atom stereocenters. The van der Waals surface area contributed by atoms with Crippen LogP contribution in [0.2, 0.25) is 0 Å². The van der Waals surface area contributed by atoms with E-state index in [0.29, 0.717) is 25.7 Å². The largest absolute Gasteiger partial charge is 0.390 e. The van der Waals surface area contributed by atoms with Crippen LogP contribution < -0.4 is 5.32 Å². The zero-order valence-electron chi connectivity index (χ0n) is 16.3. The third-order valence-corrected chi connectivity index (χ3v) is 5.40. The van der Waals surface area contributed by atoms with Gasteiger partial charge in [0.2, 0.25) is 0 Å². The number of hydrogen-bond donors (Lipinski definition) is 2. The van der Waals surface area contributed by atoms with Gasteiger partial charge < -0.3 is 15.2 Å². The van der Waals surface area contributed by atoms with Gasteiger partial charge in [-0.25, -0.2) is 4.79 Å². The number of hydrogen-bond acceptors (Lipinski definition) is 5. The van der Waals surface area contributed by atoms with Crippen molar-refractivity contribution in [2.75, 3.05) is 39.4 Å². The van der Waals surface area contributed by atoms with Crippen LogP contribution in [-0.4, -0.2) is 72.3 Å². The van der Waals surface area contributed by atoms with E-state index in [9.17, 15) is 14.7 Å². The Morgan fingerprint density at radius 1 is 1.15 bits per heavy atom. The first kappa shape index (κ1) is 19.8. The number of nitrogens with zero attached hydrogens (tertiary/aromatic N) is 2.